The van der Waals surface area contributed by atoms with Crippen LogP contribution in [0, 0.1) is 6.92 Å². The molecule has 0 saturated heterocycles. The van der Waals surface area contributed by atoms with Crippen LogP contribution in [-0.2, 0) is 19.9 Å². The highest BCUT2D eigenvalue weighted by molar-refractivity contribution is 9.10. The molecule has 1 aliphatic heterocycles. The Morgan fingerprint density at radius 1 is 1.04 bits per heavy atom. The smallest absolute Gasteiger partial charge is 0.258 e. The van der Waals surface area contributed by atoms with Gasteiger partial charge in [-0.15, -0.1) is 0 Å². The standard InChI is InChI=1S/C17H16BrNO4S2/c1-13-2-6-15(7-3-13)19(16-10-11-24(20,21)12-16)25(22,23)17-8-4-14(18)5-9-17/h2-11,16H,12H2,1H3/t16-/m1/s1. The maximum absolute atomic E-state index is 13.2. The summed E-state index contributed by atoms with van der Waals surface area (Å²) in [6, 6.07) is 12.5. The number of aryl methyl sites for hydroxylation is 1. The number of sulfonamides is 1. The van der Waals surface area contributed by atoms with Gasteiger partial charge in [0, 0.05) is 9.88 Å². The molecule has 0 aromatic heterocycles. The molecule has 0 spiro atoms. The van der Waals surface area contributed by atoms with E-state index in [0.717, 1.165) is 15.4 Å². The molecule has 0 radical (unpaired) electrons. The highest BCUT2D eigenvalue weighted by Gasteiger charge is 2.35. The lowest BCUT2D eigenvalue weighted by molar-refractivity contribution is 0.586. The topological polar surface area (TPSA) is 71.5 Å². The van der Waals surface area contributed by atoms with E-state index in [4.69, 9.17) is 0 Å². The van der Waals surface area contributed by atoms with Crippen LogP contribution in [0.4, 0.5) is 5.69 Å². The zero-order chi connectivity index (χ0) is 18.2. The lowest BCUT2D eigenvalue weighted by Crippen LogP contribution is -2.41. The van der Waals surface area contributed by atoms with Crippen molar-refractivity contribution in [2.24, 2.45) is 0 Å². The summed E-state index contributed by atoms with van der Waals surface area (Å²) >= 11 is 3.28. The molecule has 0 fully saturated rings. The average molecular weight is 442 g/mol. The largest absolute Gasteiger partial charge is 0.264 e. The molecule has 0 amide bonds. The number of sulfone groups is 1. The van der Waals surface area contributed by atoms with E-state index in [1.807, 2.05) is 6.92 Å². The summed E-state index contributed by atoms with van der Waals surface area (Å²) in [6.07, 6.45) is 1.42. The first-order valence-corrected chi connectivity index (χ1v) is 11.4. The number of halogens is 1. The minimum absolute atomic E-state index is 0.106. The highest BCUT2D eigenvalue weighted by atomic mass is 79.9. The minimum atomic E-state index is -3.92. The lowest BCUT2D eigenvalue weighted by atomic mass is 10.2. The first kappa shape index (κ1) is 18.2. The van der Waals surface area contributed by atoms with E-state index in [1.54, 1.807) is 36.4 Å². The molecule has 5 nitrogen and oxygen atoms in total. The number of hydrogen-bond acceptors (Lipinski definition) is 4. The maximum atomic E-state index is 13.2. The second-order valence-corrected chi connectivity index (χ2v) is 10.5. The molecule has 0 bridgehead atoms. The van der Waals surface area contributed by atoms with Gasteiger partial charge in [0.2, 0.25) is 0 Å². The van der Waals surface area contributed by atoms with Gasteiger partial charge in [-0.1, -0.05) is 33.6 Å². The molecular formula is C17H16BrNO4S2. The van der Waals surface area contributed by atoms with Crippen molar-refractivity contribution in [1.29, 1.82) is 0 Å². The number of hydrogen-bond donors (Lipinski definition) is 0. The Kier molecular flexibility index (Phi) is 4.78. The third-order valence-electron chi connectivity index (χ3n) is 3.87. The van der Waals surface area contributed by atoms with Gasteiger partial charge in [0.05, 0.1) is 22.4 Å². The van der Waals surface area contributed by atoms with E-state index in [1.165, 1.54) is 22.5 Å². The first-order chi connectivity index (χ1) is 11.7. The number of nitrogens with zero attached hydrogens (tertiary/aromatic N) is 1. The van der Waals surface area contributed by atoms with Crippen LogP contribution in [0.2, 0.25) is 0 Å². The summed E-state index contributed by atoms with van der Waals surface area (Å²) < 4.78 is 52.0. The molecule has 8 heteroatoms. The Hall–Kier alpha value is -1.64. The lowest BCUT2D eigenvalue weighted by Gasteiger charge is -2.29. The molecule has 2 aromatic rings. The van der Waals surface area contributed by atoms with Crippen LogP contribution >= 0.6 is 15.9 Å². The molecule has 1 atom stereocenters. The van der Waals surface area contributed by atoms with Crippen LogP contribution in [0.1, 0.15) is 5.56 Å². The number of rotatable bonds is 4. The fourth-order valence-electron chi connectivity index (χ4n) is 2.63. The van der Waals surface area contributed by atoms with Crippen LogP contribution < -0.4 is 4.31 Å². The first-order valence-electron chi connectivity index (χ1n) is 7.47. The molecule has 1 aliphatic rings. The Labute approximate surface area is 156 Å². The normalized spacial score (nSPS) is 19.0. The predicted octanol–water partition coefficient (Wildman–Crippen LogP) is 3.26. The fourth-order valence-corrected chi connectivity index (χ4v) is 5.86. The summed E-state index contributed by atoms with van der Waals surface area (Å²) in [5.41, 5.74) is 1.42. The van der Waals surface area contributed by atoms with Gasteiger partial charge in [-0.3, -0.25) is 4.31 Å². The van der Waals surface area contributed by atoms with Crippen LogP contribution in [0.25, 0.3) is 0 Å². The summed E-state index contributed by atoms with van der Waals surface area (Å²) in [6.45, 7) is 1.90. The van der Waals surface area contributed by atoms with E-state index in [-0.39, 0.29) is 10.6 Å². The van der Waals surface area contributed by atoms with Crippen molar-refractivity contribution in [3.63, 3.8) is 0 Å². The summed E-state index contributed by atoms with van der Waals surface area (Å²) in [5.74, 6) is -0.267. The van der Waals surface area contributed by atoms with Crippen molar-refractivity contribution in [2.45, 2.75) is 17.9 Å². The van der Waals surface area contributed by atoms with Crippen molar-refractivity contribution in [3.05, 3.63) is 70.1 Å². The van der Waals surface area contributed by atoms with Gasteiger partial charge < -0.3 is 0 Å². The zero-order valence-corrected chi connectivity index (χ0v) is 16.6. The van der Waals surface area contributed by atoms with E-state index < -0.39 is 25.9 Å². The summed E-state index contributed by atoms with van der Waals surface area (Å²) in [7, 11) is -7.32. The van der Waals surface area contributed by atoms with E-state index in [0.29, 0.717) is 5.69 Å². The molecule has 3 rings (SSSR count). The van der Waals surface area contributed by atoms with Gasteiger partial charge in [-0.2, -0.15) is 0 Å². The average Bonchev–Trinajstić information content (AvgIpc) is 2.89. The Morgan fingerprint density at radius 3 is 2.16 bits per heavy atom. The van der Waals surface area contributed by atoms with Crippen molar-refractivity contribution >= 4 is 41.5 Å². The fraction of sp³-hybridized carbons (Fsp3) is 0.176. The monoisotopic (exact) mass is 441 g/mol. The summed E-state index contributed by atoms with van der Waals surface area (Å²) in [4.78, 5) is 0.106. The third kappa shape index (κ3) is 3.80. The van der Waals surface area contributed by atoms with Crippen molar-refractivity contribution in [2.75, 3.05) is 10.1 Å². The van der Waals surface area contributed by atoms with Crippen molar-refractivity contribution in [1.82, 2.24) is 0 Å². The molecule has 2 aromatic carbocycles. The Bertz CT molecular complexity index is 1010. The Balaban J connectivity index is 2.12. The van der Waals surface area contributed by atoms with Crippen molar-refractivity contribution in [3.8, 4) is 0 Å². The van der Waals surface area contributed by atoms with Gasteiger partial charge in [0.25, 0.3) is 10.0 Å². The highest BCUT2D eigenvalue weighted by Crippen LogP contribution is 2.30. The molecule has 0 aliphatic carbocycles. The van der Waals surface area contributed by atoms with Gasteiger partial charge in [0.15, 0.2) is 9.84 Å². The van der Waals surface area contributed by atoms with E-state index in [9.17, 15) is 16.8 Å². The van der Waals surface area contributed by atoms with E-state index >= 15 is 0 Å². The molecule has 0 N–H and O–H groups in total. The number of benzene rings is 2. The van der Waals surface area contributed by atoms with Crippen molar-refractivity contribution < 1.29 is 16.8 Å². The molecular weight excluding hydrogens is 426 g/mol. The van der Waals surface area contributed by atoms with Crippen LogP contribution in [0.5, 0.6) is 0 Å². The predicted molar refractivity (Wildman–Crippen MR) is 102 cm³/mol. The maximum Gasteiger partial charge on any atom is 0.264 e. The van der Waals surface area contributed by atoms with Crippen LogP contribution in [0.3, 0.4) is 0 Å². The SMILES string of the molecule is Cc1ccc(N([C@@H]2C=CS(=O)(=O)C2)S(=O)(=O)c2ccc(Br)cc2)cc1. The molecule has 132 valence electrons. The molecule has 25 heavy (non-hydrogen) atoms. The molecule has 1 heterocycles. The van der Waals surface area contributed by atoms with Crippen LogP contribution in [0.15, 0.2) is 69.4 Å². The Morgan fingerprint density at radius 2 is 1.64 bits per heavy atom. The van der Waals surface area contributed by atoms with Crippen LogP contribution in [-0.4, -0.2) is 28.6 Å². The van der Waals surface area contributed by atoms with Gasteiger partial charge in [0.1, 0.15) is 0 Å². The van der Waals surface area contributed by atoms with E-state index in [2.05, 4.69) is 15.9 Å². The third-order valence-corrected chi connectivity index (χ3v) is 7.65. The quantitative estimate of drug-likeness (QED) is 0.729. The summed E-state index contributed by atoms with van der Waals surface area (Å²) in [5, 5.41) is 1.08. The molecule has 0 saturated carbocycles. The van der Waals surface area contributed by atoms with Gasteiger partial charge >= 0.3 is 0 Å². The second-order valence-electron chi connectivity index (χ2n) is 5.82. The zero-order valence-electron chi connectivity index (χ0n) is 13.3. The molecule has 0 unspecified atom stereocenters. The minimum Gasteiger partial charge on any atom is -0.258 e. The van der Waals surface area contributed by atoms with Gasteiger partial charge in [-0.25, -0.2) is 16.8 Å². The second kappa shape index (κ2) is 6.59. The number of anilines is 1. The van der Waals surface area contributed by atoms with Gasteiger partial charge in [-0.05, 0) is 49.4 Å².